The molecule has 1 amide bonds. The number of fused-ring (bicyclic) bond motifs is 1. The van der Waals surface area contributed by atoms with Gasteiger partial charge in [0.25, 0.3) is 0 Å². The highest BCUT2D eigenvalue weighted by atomic mass is 16.2. The maximum absolute atomic E-state index is 12.6. The highest BCUT2D eigenvalue weighted by Crippen LogP contribution is 2.23. The fourth-order valence-corrected chi connectivity index (χ4v) is 3.16. The summed E-state index contributed by atoms with van der Waals surface area (Å²) in [5.41, 5.74) is 1.75. The maximum Gasteiger partial charge on any atom is 0.244 e. The second kappa shape index (κ2) is 5.23. The van der Waals surface area contributed by atoms with E-state index in [1.807, 2.05) is 29.2 Å². The first-order valence-electron chi connectivity index (χ1n) is 7.26. The SMILES string of the molecule is C[C@@H]1CCC[C@@H](C)N1C(=O)Cn1nnc2ccccc21. The summed E-state index contributed by atoms with van der Waals surface area (Å²) >= 11 is 0. The Kier molecular flexibility index (Phi) is 3.42. The summed E-state index contributed by atoms with van der Waals surface area (Å²) < 4.78 is 1.70. The van der Waals surface area contributed by atoms with E-state index >= 15 is 0 Å². The Bertz CT molecular complexity index is 611. The van der Waals surface area contributed by atoms with Crippen molar-refractivity contribution >= 4 is 16.9 Å². The number of piperidine rings is 1. The van der Waals surface area contributed by atoms with Crippen molar-refractivity contribution in [3.8, 4) is 0 Å². The van der Waals surface area contributed by atoms with E-state index in [9.17, 15) is 4.79 Å². The predicted octanol–water partition coefficient (Wildman–Crippen LogP) is 2.22. The average molecular weight is 272 g/mol. The minimum atomic E-state index is 0.139. The maximum atomic E-state index is 12.6. The molecule has 1 saturated heterocycles. The quantitative estimate of drug-likeness (QED) is 0.842. The number of nitrogens with zero attached hydrogens (tertiary/aromatic N) is 4. The first-order chi connectivity index (χ1) is 9.66. The number of amides is 1. The van der Waals surface area contributed by atoms with Crippen LogP contribution in [0.1, 0.15) is 33.1 Å². The van der Waals surface area contributed by atoms with Gasteiger partial charge in [0.1, 0.15) is 12.1 Å². The van der Waals surface area contributed by atoms with Gasteiger partial charge in [0, 0.05) is 12.1 Å². The van der Waals surface area contributed by atoms with Gasteiger partial charge in [-0.05, 0) is 45.2 Å². The van der Waals surface area contributed by atoms with Crippen LogP contribution in [-0.4, -0.2) is 37.9 Å². The summed E-state index contributed by atoms with van der Waals surface area (Å²) in [7, 11) is 0. The Morgan fingerprint density at radius 1 is 1.25 bits per heavy atom. The number of benzene rings is 1. The number of hydrogen-bond donors (Lipinski definition) is 0. The zero-order valence-electron chi connectivity index (χ0n) is 12.0. The number of para-hydroxylation sites is 1. The Labute approximate surface area is 118 Å². The Morgan fingerprint density at radius 3 is 2.70 bits per heavy atom. The van der Waals surface area contributed by atoms with Crippen LogP contribution in [0.5, 0.6) is 0 Å². The molecule has 1 aliphatic heterocycles. The fourth-order valence-electron chi connectivity index (χ4n) is 3.16. The summed E-state index contributed by atoms with van der Waals surface area (Å²) in [4.78, 5) is 14.6. The Hall–Kier alpha value is -1.91. The standard InChI is InChI=1S/C15H20N4O/c1-11-6-5-7-12(2)19(11)15(20)10-18-14-9-4-3-8-13(14)16-17-18/h3-4,8-9,11-12H,5-7,10H2,1-2H3/t11-,12-/m1/s1. The molecule has 0 spiro atoms. The summed E-state index contributed by atoms with van der Waals surface area (Å²) in [6.45, 7) is 4.54. The molecule has 0 N–H and O–H groups in total. The van der Waals surface area contributed by atoms with Crippen LogP contribution in [0, 0.1) is 0 Å². The summed E-state index contributed by atoms with van der Waals surface area (Å²) in [6, 6.07) is 8.37. The summed E-state index contributed by atoms with van der Waals surface area (Å²) in [5, 5.41) is 8.20. The fraction of sp³-hybridized carbons (Fsp3) is 0.533. The summed E-state index contributed by atoms with van der Waals surface area (Å²) in [5.74, 6) is 0.139. The molecule has 0 unspecified atom stereocenters. The van der Waals surface area contributed by atoms with Gasteiger partial charge in [0.15, 0.2) is 0 Å². The van der Waals surface area contributed by atoms with E-state index in [1.54, 1.807) is 4.68 Å². The first kappa shape index (κ1) is 13.1. The largest absolute Gasteiger partial charge is 0.336 e. The number of aromatic nitrogens is 3. The molecule has 2 aromatic rings. The van der Waals surface area contributed by atoms with Crippen LogP contribution < -0.4 is 0 Å². The van der Waals surface area contributed by atoms with Crippen LogP contribution in [-0.2, 0) is 11.3 Å². The van der Waals surface area contributed by atoms with Crippen LogP contribution in [0.2, 0.25) is 0 Å². The molecule has 20 heavy (non-hydrogen) atoms. The molecule has 1 aromatic heterocycles. The Balaban J connectivity index is 1.81. The van der Waals surface area contributed by atoms with E-state index in [1.165, 1.54) is 6.42 Å². The van der Waals surface area contributed by atoms with Gasteiger partial charge in [-0.15, -0.1) is 5.10 Å². The molecule has 0 aliphatic carbocycles. The second-order valence-corrected chi connectivity index (χ2v) is 5.67. The second-order valence-electron chi connectivity index (χ2n) is 5.67. The predicted molar refractivity (Wildman–Crippen MR) is 77.1 cm³/mol. The van der Waals surface area contributed by atoms with Crippen molar-refractivity contribution in [3.63, 3.8) is 0 Å². The molecule has 1 fully saturated rings. The number of likely N-dealkylation sites (tertiary alicyclic amines) is 1. The van der Waals surface area contributed by atoms with E-state index in [4.69, 9.17) is 0 Å². The number of carbonyl (C=O) groups is 1. The molecule has 5 heteroatoms. The van der Waals surface area contributed by atoms with Crippen molar-refractivity contribution in [1.29, 1.82) is 0 Å². The van der Waals surface area contributed by atoms with E-state index < -0.39 is 0 Å². The van der Waals surface area contributed by atoms with Gasteiger partial charge in [-0.1, -0.05) is 17.3 Å². The molecule has 0 radical (unpaired) electrons. The molecule has 1 aliphatic rings. The van der Waals surface area contributed by atoms with E-state index in [0.29, 0.717) is 12.1 Å². The lowest BCUT2D eigenvalue weighted by Gasteiger charge is -2.39. The van der Waals surface area contributed by atoms with Crippen LogP contribution >= 0.6 is 0 Å². The van der Waals surface area contributed by atoms with E-state index in [2.05, 4.69) is 24.2 Å². The van der Waals surface area contributed by atoms with Crippen LogP contribution in [0.15, 0.2) is 24.3 Å². The van der Waals surface area contributed by atoms with Gasteiger partial charge in [0.05, 0.1) is 5.52 Å². The topological polar surface area (TPSA) is 51.0 Å². The molecule has 0 bridgehead atoms. The molecule has 2 atom stereocenters. The third kappa shape index (κ3) is 2.28. The van der Waals surface area contributed by atoms with E-state index in [-0.39, 0.29) is 12.5 Å². The summed E-state index contributed by atoms with van der Waals surface area (Å²) in [6.07, 6.45) is 3.39. The minimum absolute atomic E-state index is 0.139. The lowest BCUT2D eigenvalue weighted by atomic mass is 9.97. The molecule has 3 rings (SSSR count). The van der Waals surface area contributed by atoms with Crippen LogP contribution in [0.3, 0.4) is 0 Å². The van der Waals surface area contributed by atoms with Crippen molar-refractivity contribution in [2.45, 2.75) is 51.7 Å². The molecule has 0 saturated carbocycles. The zero-order valence-corrected chi connectivity index (χ0v) is 12.0. The number of rotatable bonds is 2. The van der Waals surface area contributed by atoms with Crippen molar-refractivity contribution in [1.82, 2.24) is 19.9 Å². The van der Waals surface area contributed by atoms with Crippen LogP contribution in [0.4, 0.5) is 0 Å². The molecule has 1 aromatic carbocycles. The van der Waals surface area contributed by atoms with Gasteiger partial charge >= 0.3 is 0 Å². The minimum Gasteiger partial charge on any atom is -0.336 e. The van der Waals surface area contributed by atoms with Gasteiger partial charge in [0.2, 0.25) is 5.91 Å². The van der Waals surface area contributed by atoms with Crippen molar-refractivity contribution in [3.05, 3.63) is 24.3 Å². The van der Waals surface area contributed by atoms with Gasteiger partial charge < -0.3 is 4.90 Å². The number of carbonyl (C=O) groups excluding carboxylic acids is 1. The molecular weight excluding hydrogens is 252 g/mol. The first-order valence-corrected chi connectivity index (χ1v) is 7.26. The van der Waals surface area contributed by atoms with Gasteiger partial charge in [-0.2, -0.15) is 0 Å². The van der Waals surface area contributed by atoms with Crippen molar-refractivity contribution in [2.24, 2.45) is 0 Å². The monoisotopic (exact) mass is 272 g/mol. The van der Waals surface area contributed by atoms with Gasteiger partial charge in [-0.3, -0.25) is 4.79 Å². The van der Waals surface area contributed by atoms with Gasteiger partial charge in [-0.25, -0.2) is 4.68 Å². The molecule has 106 valence electrons. The lowest BCUT2D eigenvalue weighted by molar-refractivity contribution is -0.138. The number of hydrogen-bond acceptors (Lipinski definition) is 3. The molecule has 5 nitrogen and oxygen atoms in total. The lowest BCUT2D eigenvalue weighted by Crippen LogP contribution is -2.48. The molecule has 2 heterocycles. The third-order valence-corrected chi connectivity index (χ3v) is 4.19. The highest BCUT2D eigenvalue weighted by molar-refractivity contribution is 5.80. The highest BCUT2D eigenvalue weighted by Gasteiger charge is 2.29. The third-order valence-electron chi connectivity index (χ3n) is 4.19. The normalized spacial score (nSPS) is 23.2. The van der Waals surface area contributed by atoms with Crippen molar-refractivity contribution in [2.75, 3.05) is 0 Å². The van der Waals surface area contributed by atoms with Crippen LogP contribution in [0.25, 0.3) is 11.0 Å². The van der Waals surface area contributed by atoms with Crippen molar-refractivity contribution < 1.29 is 4.79 Å². The van der Waals surface area contributed by atoms with E-state index in [0.717, 1.165) is 23.9 Å². The average Bonchev–Trinajstić information content (AvgIpc) is 2.82. The Morgan fingerprint density at radius 2 is 1.95 bits per heavy atom. The smallest absolute Gasteiger partial charge is 0.244 e. The zero-order chi connectivity index (χ0) is 14.1. The molecular formula is C15H20N4O.